The molecular formula is C24H28ClF3IN3OS. The third-order valence-electron chi connectivity index (χ3n) is 5.43. The average Bonchev–Trinajstić information content (AvgIpc) is 3.23. The summed E-state index contributed by atoms with van der Waals surface area (Å²) in [6.45, 7) is 2.17. The van der Waals surface area contributed by atoms with Gasteiger partial charge in [-0.15, -0.1) is 11.3 Å². The molecule has 34 heavy (non-hydrogen) atoms. The topological polar surface area (TPSA) is 36.4 Å². The highest BCUT2D eigenvalue weighted by atomic mass is 127. The van der Waals surface area contributed by atoms with Crippen molar-refractivity contribution in [3.63, 3.8) is 0 Å². The molecule has 186 valence electrons. The molecule has 0 saturated carbocycles. The third-order valence-corrected chi connectivity index (χ3v) is 6.53. The first-order valence-corrected chi connectivity index (χ1v) is 11.9. The van der Waals surface area contributed by atoms with Crippen molar-refractivity contribution in [2.75, 3.05) is 45.2 Å². The second-order valence-electron chi connectivity index (χ2n) is 8.54. The van der Waals surface area contributed by atoms with Crippen molar-refractivity contribution in [2.24, 2.45) is 0 Å². The number of aromatic nitrogens is 1. The molecular weight excluding hydrogens is 598 g/mol. The van der Waals surface area contributed by atoms with Gasteiger partial charge in [0.15, 0.2) is 5.13 Å². The molecule has 0 atom stereocenters. The molecule has 3 rings (SSSR count). The minimum Gasteiger partial charge on any atom is -1.00 e. The van der Waals surface area contributed by atoms with Gasteiger partial charge in [-0.1, -0.05) is 29.8 Å². The Bertz CT molecular complexity index is 1060. The number of hydrogen-bond acceptors (Lipinski definition) is 4. The molecule has 2 aromatic carbocycles. The van der Waals surface area contributed by atoms with Gasteiger partial charge in [-0.2, -0.15) is 13.2 Å². The Morgan fingerprint density at radius 2 is 1.79 bits per heavy atom. The average molecular weight is 626 g/mol. The smallest absolute Gasteiger partial charge is 0.416 e. The van der Waals surface area contributed by atoms with Crippen LogP contribution in [-0.2, 0) is 6.18 Å². The molecule has 1 aromatic heterocycles. The van der Waals surface area contributed by atoms with Crippen LogP contribution in [0.4, 0.5) is 24.0 Å². The van der Waals surface area contributed by atoms with E-state index in [1.165, 1.54) is 23.5 Å². The van der Waals surface area contributed by atoms with Crippen LogP contribution in [0, 0.1) is 0 Å². The van der Waals surface area contributed by atoms with Gasteiger partial charge in [-0.25, -0.2) is 4.98 Å². The van der Waals surface area contributed by atoms with Crippen LogP contribution < -0.4 is 28.9 Å². The van der Waals surface area contributed by atoms with Crippen LogP contribution in [0.5, 0.6) is 0 Å². The van der Waals surface area contributed by atoms with Crippen molar-refractivity contribution >= 4 is 33.8 Å². The summed E-state index contributed by atoms with van der Waals surface area (Å²) in [5, 5.41) is 12.3. The fourth-order valence-corrected chi connectivity index (χ4v) is 4.62. The van der Waals surface area contributed by atoms with Gasteiger partial charge in [0, 0.05) is 28.2 Å². The molecule has 0 saturated heterocycles. The van der Waals surface area contributed by atoms with E-state index in [0.29, 0.717) is 33.4 Å². The van der Waals surface area contributed by atoms with E-state index in [1.807, 2.05) is 28.5 Å². The lowest BCUT2D eigenvalue weighted by Gasteiger charge is -2.29. The summed E-state index contributed by atoms with van der Waals surface area (Å²) in [4.78, 5) is 6.56. The van der Waals surface area contributed by atoms with Gasteiger partial charge in [0.1, 0.15) is 6.54 Å². The fraction of sp³-hybridized carbons (Fsp3) is 0.375. The number of hydrogen-bond donors (Lipinski definition) is 1. The summed E-state index contributed by atoms with van der Waals surface area (Å²) >= 11 is 7.50. The number of likely N-dealkylation sites (N-methyl/N-ethyl adjacent to an activating group) is 1. The second-order valence-corrected chi connectivity index (χ2v) is 9.81. The molecule has 0 radical (unpaired) electrons. The number of anilines is 2. The number of benzene rings is 2. The van der Waals surface area contributed by atoms with E-state index in [2.05, 4.69) is 14.1 Å². The van der Waals surface area contributed by atoms with Crippen molar-refractivity contribution < 1.29 is 46.7 Å². The predicted molar refractivity (Wildman–Crippen MR) is 129 cm³/mol. The Morgan fingerprint density at radius 3 is 2.47 bits per heavy atom. The standard InChI is InChI=1S/C24H28ClF3N3OS.HI/c1-31(2,13-14-32)12-4-3-11-30(21-10-6-8-19(16-21)24(26,27)28)23-29-22(17-33-23)18-7-5-9-20(25)15-18;/h5-10,15-17,32H,3-4,11-14H2,1-2H3;1H/q+1;/p-1. The molecule has 10 heteroatoms. The molecule has 0 amide bonds. The second kappa shape index (κ2) is 12.5. The third kappa shape index (κ3) is 8.08. The number of aliphatic hydroxyl groups is 1. The highest BCUT2D eigenvalue weighted by molar-refractivity contribution is 7.14. The maximum atomic E-state index is 13.3. The van der Waals surface area contributed by atoms with E-state index in [4.69, 9.17) is 16.6 Å². The van der Waals surface area contributed by atoms with Gasteiger partial charge in [0.2, 0.25) is 0 Å². The van der Waals surface area contributed by atoms with Crippen LogP contribution in [-0.4, -0.2) is 54.9 Å². The largest absolute Gasteiger partial charge is 1.00 e. The number of aliphatic hydroxyl groups excluding tert-OH is 1. The van der Waals surface area contributed by atoms with Crippen LogP contribution in [0.1, 0.15) is 18.4 Å². The van der Waals surface area contributed by atoms with Crippen LogP contribution in [0.15, 0.2) is 53.9 Å². The Labute approximate surface area is 224 Å². The first kappa shape index (κ1) is 28.8. The first-order chi connectivity index (χ1) is 15.6. The minimum atomic E-state index is -4.41. The van der Waals surface area contributed by atoms with Crippen molar-refractivity contribution in [2.45, 2.75) is 19.0 Å². The molecule has 0 spiro atoms. The number of halogens is 5. The molecule has 1 N–H and O–H groups in total. The van der Waals surface area contributed by atoms with Gasteiger partial charge in [0.25, 0.3) is 0 Å². The van der Waals surface area contributed by atoms with Crippen molar-refractivity contribution in [3.05, 3.63) is 64.5 Å². The Hall–Kier alpha value is -1.40. The first-order valence-electron chi connectivity index (χ1n) is 10.7. The van der Waals surface area contributed by atoms with E-state index >= 15 is 0 Å². The maximum Gasteiger partial charge on any atom is 0.416 e. The lowest BCUT2D eigenvalue weighted by Crippen LogP contribution is -3.00. The van der Waals surface area contributed by atoms with Crippen molar-refractivity contribution in [3.8, 4) is 11.3 Å². The van der Waals surface area contributed by atoms with Gasteiger partial charge >= 0.3 is 6.18 Å². The SMILES string of the molecule is C[N+](C)(CCO)CCCCN(c1cccc(C(F)(F)F)c1)c1nc(-c2cccc(Cl)c2)cs1.[I-]. The molecule has 4 nitrogen and oxygen atoms in total. The van der Waals surface area contributed by atoms with Crippen LogP contribution in [0.2, 0.25) is 5.02 Å². The Morgan fingerprint density at radius 1 is 1.06 bits per heavy atom. The molecule has 1 heterocycles. The van der Waals surface area contributed by atoms with E-state index < -0.39 is 11.7 Å². The lowest BCUT2D eigenvalue weighted by molar-refractivity contribution is -0.890. The summed E-state index contributed by atoms with van der Waals surface area (Å²) in [6, 6.07) is 12.7. The van der Waals surface area contributed by atoms with Gasteiger partial charge < -0.3 is 38.5 Å². The maximum absolute atomic E-state index is 13.3. The zero-order valence-corrected chi connectivity index (χ0v) is 22.8. The van der Waals surface area contributed by atoms with E-state index in [0.717, 1.165) is 36.7 Å². The number of quaternary nitrogens is 1. The van der Waals surface area contributed by atoms with E-state index in [1.54, 1.807) is 12.1 Å². The number of nitrogens with zero attached hydrogens (tertiary/aromatic N) is 3. The van der Waals surface area contributed by atoms with Crippen LogP contribution in [0.25, 0.3) is 11.3 Å². The number of unbranched alkanes of at least 4 members (excludes halogenated alkanes) is 1. The van der Waals surface area contributed by atoms with E-state index in [9.17, 15) is 18.3 Å². The molecule has 0 fully saturated rings. The summed E-state index contributed by atoms with van der Waals surface area (Å²) in [5.41, 5.74) is 1.37. The normalized spacial score (nSPS) is 11.9. The molecule has 0 aliphatic heterocycles. The molecule has 0 aliphatic rings. The highest BCUT2D eigenvalue weighted by Gasteiger charge is 2.31. The number of thiazole rings is 1. The van der Waals surface area contributed by atoms with E-state index in [-0.39, 0.29) is 30.6 Å². The minimum absolute atomic E-state index is 0. The molecule has 0 bridgehead atoms. The zero-order valence-electron chi connectivity index (χ0n) is 19.0. The highest BCUT2D eigenvalue weighted by Crippen LogP contribution is 2.36. The monoisotopic (exact) mass is 625 g/mol. The van der Waals surface area contributed by atoms with Crippen LogP contribution in [0.3, 0.4) is 0 Å². The summed E-state index contributed by atoms with van der Waals surface area (Å²) in [5.74, 6) is 0. The Balaban J connectivity index is 0.00000408. The summed E-state index contributed by atoms with van der Waals surface area (Å²) in [7, 11) is 4.11. The number of rotatable bonds is 10. The van der Waals surface area contributed by atoms with Crippen molar-refractivity contribution in [1.29, 1.82) is 0 Å². The van der Waals surface area contributed by atoms with Crippen LogP contribution >= 0.6 is 22.9 Å². The zero-order chi connectivity index (χ0) is 24.1. The predicted octanol–water partition coefficient (Wildman–Crippen LogP) is 3.47. The molecule has 0 aliphatic carbocycles. The molecule has 3 aromatic rings. The number of alkyl halides is 3. The summed E-state index contributed by atoms with van der Waals surface area (Å²) in [6.07, 6.45) is -2.77. The van der Waals surface area contributed by atoms with Crippen molar-refractivity contribution in [1.82, 2.24) is 4.98 Å². The quantitative estimate of drug-likeness (QED) is 0.213. The Kier molecular flexibility index (Phi) is 10.6. The summed E-state index contributed by atoms with van der Waals surface area (Å²) < 4.78 is 40.7. The van der Waals surface area contributed by atoms with Gasteiger partial charge in [0.05, 0.1) is 38.5 Å². The van der Waals surface area contributed by atoms with Gasteiger partial charge in [-0.05, 0) is 43.2 Å². The lowest BCUT2D eigenvalue weighted by atomic mass is 10.1. The molecule has 0 unspecified atom stereocenters. The fourth-order valence-electron chi connectivity index (χ4n) is 3.55. The van der Waals surface area contributed by atoms with Gasteiger partial charge in [-0.3, -0.25) is 0 Å².